The van der Waals surface area contributed by atoms with Crippen molar-refractivity contribution in [2.75, 3.05) is 13.6 Å². The molecule has 0 unspecified atom stereocenters. The summed E-state index contributed by atoms with van der Waals surface area (Å²) in [6.45, 7) is 8.60. The molecule has 1 aromatic heterocycles. The molecule has 0 amide bonds. The van der Waals surface area contributed by atoms with Crippen LogP contribution >= 0.6 is 24.0 Å². The minimum absolute atomic E-state index is 0. The van der Waals surface area contributed by atoms with E-state index in [9.17, 15) is 0 Å². The van der Waals surface area contributed by atoms with Gasteiger partial charge in [0.2, 0.25) is 0 Å². The molecular formula is C19H30IN5O. The zero-order chi connectivity index (χ0) is 18.1. The topological polar surface area (TPSA) is 63.5 Å². The van der Waals surface area contributed by atoms with Gasteiger partial charge in [0.15, 0.2) is 5.96 Å². The zero-order valence-corrected chi connectivity index (χ0v) is 18.4. The van der Waals surface area contributed by atoms with Crippen molar-refractivity contribution in [3.05, 3.63) is 48.5 Å². The molecule has 2 rings (SSSR count). The highest BCUT2D eigenvalue weighted by Crippen LogP contribution is 2.22. The van der Waals surface area contributed by atoms with E-state index in [1.165, 1.54) is 0 Å². The van der Waals surface area contributed by atoms with E-state index < -0.39 is 0 Å². The molecule has 0 spiro atoms. The second-order valence-corrected chi connectivity index (χ2v) is 6.83. The van der Waals surface area contributed by atoms with Gasteiger partial charge in [-0.05, 0) is 33.3 Å². The molecule has 0 aliphatic carbocycles. The van der Waals surface area contributed by atoms with Gasteiger partial charge in [0.25, 0.3) is 0 Å². The quantitative estimate of drug-likeness (QED) is 0.281. The lowest BCUT2D eigenvalue weighted by atomic mass is 10.1. The van der Waals surface area contributed by atoms with Crippen LogP contribution in [-0.2, 0) is 13.1 Å². The van der Waals surface area contributed by atoms with Gasteiger partial charge in [-0.15, -0.1) is 24.0 Å². The van der Waals surface area contributed by atoms with E-state index in [0.29, 0.717) is 6.54 Å². The van der Waals surface area contributed by atoms with Crippen molar-refractivity contribution in [1.29, 1.82) is 0 Å². The van der Waals surface area contributed by atoms with Crippen LogP contribution in [0.25, 0.3) is 0 Å². The van der Waals surface area contributed by atoms with Crippen molar-refractivity contribution < 1.29 is 4.74 Å². The Kier molecular flexibility index (Phi) is 9.47. The van der Waals surface area contributed by atoms with E-state index in [-0.39, 0.29) is 29.6 Å². The highest BCUT2D eigenvalue weighted by Gasteiger charge is 2.14. The van der Waals surface area contributed by atoms with E-state index >= 15 is 0 Å². The summed E-state index contributed by atoms with van der Waals surface area (Å²) in [4.78, 5) is 8.32. The first kappa shape index (κ1) is 22.3. The fraction of sp³-hybridized carbons (Fsp3) is 0.474. The molecule has 0 atom stereocenters. The summed E-state index contributed by atoms with van der Waals surface area (Å²) in [5.41, 5.74) is 0.891. The van der Waals surface area contributed by atoms with Gasteiger partial charge in [0.05, 0.1) is 6.33 Å². The Labute approximate surface area is 173 Å². The number of aliphatic imine (C=N–C) groups is 1. The molecular weight excluding hydrogens is 441 g/mol. The summed E-state index contributed by atoms with van der Waals surface area (Å²) in [5, 5.41) is 6.68. The lowest BCUT2D eigenvalue weighted by Crippen LogP contribution is -2.37. The second kappa shape index (κ2) is 11.1. The maximum Gasteiger partial charge on any atom is 0.191 e. The van der Waals surface area contributed by atoms with E-state index in [0.717, 1.165) is 36.8 Å². The molecule has 0 saturated heterocycles. The molecule has 0 radical (unpaired) electrons. The van der Waals surface area contributed by atoms with Gasteiger partial charge in [0.1, 0.15) is 11.4 Å². The minimum atomic E-state index is -0.219. The Hall–Kier alpha value is -1.77. The monoisotopic (exact) mass is 471 g/mol. The summed E-state index contributed by atoms with van der Waals surface area (Å²) in [6, 6.07) is 8.09. The fourth-order valence-electron chi connectivity index (χ4n) is 2.37. The number of ether oxygens (including phenoxy) is 1. The number of aryl methyl sites for hydroxylation is 1. The smallest absolute Gasteiger partial charge is 0.191 e. The van der Waals surface area contributed by atoms with Crippen LogP contribution in [0.4, 0.5) is 0 Å². The third-order valence-corrected chi connectivity index (χ3v) is 3.50. The van der Waals surface area contributed by atoms with Gasteiger partial charge in [-0.1, -0.05) is 18.2 Å². The number of para-hydroxylation sites is 1. The molecule has 26 heavy (non-hydrogen) atoms. The molecule has 1 heterocycles. The van der Waals surface area contributed by atoms with Crippen LogP contribution in [0.1, 0.15) is 32.8 Å². The van der Waals surface area contributed by atoms with Crippen LogP contribution in [0.3, 0.4) is 0 Å². The molecule has 6 nitrogen and oxygen atoms in total. The first-order chi connectivity index (χ1) is 12.0. The predicted octanol–water partition coefficient (Wildman–Crippen LogP) is 3.43. The number of rotatable bonds is 7. The van der Waals surface area contributed by atoms with Gasteiger partial charge in [-0.3, -0.25) is 4.99 Å². The molecule has 0 aliphatic heterocycles. The fourth-order valence-corrected chi connectivity index (χ4v) is 2.37. The SMILES string of the molecule is CN=C(NCCCn1ccnc1)NCc1ccccc1OC(C)(C)C.I. The number of benzene rings is 1. The lowest BCUT2D eigenvalue weighted by molar-refractivity contribution is 0.129. The largest absolute Gasteiger partial charge is 0.488 e. The van der Waals surface area contributed by atoms with Crippen LogP contribution in [0, 0.1) is 0 Å². The summed E-state index contributed by atoms with van der Waals surface area (Å²) in [7, 11) is 1.78. The molecule has 0 bridgehead atoms. The third kappa shape index (κ3) is 8.07. The minimum Gasteiger partial charge on any atom is -0.488 e. The van der Waals surface area contributed by atoms with E-state index in [2.05, 4.69) is 52.0 Å². The average Bonchev–Trinajstić information content (AvgIpc) is 3.07. The number of aromatic nitrogens is 2. The molecule has 2 N–H and O–H groups in total. The maximum atomic E-state index is 6.03. The van der Waals surface area contributed by atoms with Crippen molar-refractivity contribution in [2.45, 2.75) is 45.9 Å². The van der Waals surface area contributed by atoms with E-state index in [4.69, 9.17) is 4.74 Å². The van der Waals surface area contributed by atoms with Crippen molar-refractivity contribution in [2.24, 2.45) is 4.99 Å². The van der Waals surface area contributed by atoms with Crippen LogP contribution in [-0.4, -0.2) is 34.7 Å². The predicted molar refractivity (Wildman–Crippen MR) is 117 cm³/mol. The van der Waals surface area contributed by atoms with Crippen molar-refractivity contribution in [1.82, 2.24) is 20.2 Å². The molecule has 0 fully saturated rings. The standard InChI is InChI=1S/C19H29N5O.HI/c1-19(2,3)25-17-9-6-5-8-16(17)14-23-18(20-4)22-10-7-12-24-13-11-21-15-24;/h5-6,8-9,11,13,15H,7,10,12,14H2,1-4H3,(H2,20,22,23);1H. The van der Waals surface area contributed by atoms with Crippen LogP contribution in [0.5, 0.6) is 5.75 Å². The number of halogens is 1. The number of nitrogens with zero attached hydrogens (tertiary/aromatic N) is 3. The first-order valence-corrected chi connectivity index (χ1v) is 8.65. The number of guanidine groups is 1. The highest BCUT2D eigenvalue weighted by molar-refractivity contribution is 14.0. The number of nitrogens with one attached hydrogen (secondary N) is 2. The van der Waals surface area contributed by atoms with Crippen LogP contribution in [0.15, 0.2) is 48.0 Å². The summed E-state index contributed by atoms with van der Waals surface area (Å²) in [5.74, 6) is 1.69. The Balaban J connectivity index is 0.00000338. The molecule has 0 saturated carbocycles. The van der Waals surface area contributed by atoms with Gasteiger partial charge in [-0.2, -0.15) is 0 Å². The van der Waals surface area contributed by atoms with E-state index in [1.54, 1.807) is 13.2 Å². The number of hydrogen-bond acceptors (Lipinski definition) is 3. The number of hydrogen-bond donors (Lipinski definition) is 2. The number of imidazole rings is 1. The zero-order valence-electron chi connectivity index (χ0n) is 16.0. The second-order valence-electron chi connectivity index (χ2n) is 6.83. The van der Waals surface area contributed by atoms with E-state index in [1.807, 2.05) is 30.7 Å². The Morgan fingerprint density at radius 2 is 2.00 bits per heavy atom. The maximum absolute atomic E-state index is 6.03. The van der Waals surface area contributed by atoms with Crippen molar-refractivity contribution >= 4 is 29.9 Å². The van der Waals surface area contributed by atoms with Crippen LogP contribution < -0.4 is 15.4 Å². The van der Waals surface area contributed by atoms with Gasteiger partial charge < -0.3 is 19.9 Å². The molecule has 2 aromatic rings. The van der Waals surface area contributed by atoms with Crippen molar-refractivity contribution in [3.8, 4) is 5.75 Å². The molecule has 144 valence electrons. The van der Waals surface area contributed by atoms with Gasteiger partial charge >= 0.3 is 0 Å². The molecule has 7 heteroatoms. The first-order valence-electron chi connectivity index (χ1n) is 8.65. The molecule has 1 aromatic carbocycles. The normalized spacial score (nSPS) is 11.6. The average molecular weight is 471 g/mol. The molecule has 0 aliphatic rings. The van der Waals surface area contributed by atoms with Gasteiger partial charge in [0, 0.05) is 44.6 Å². The van der Waals surface area contributed by atoms with Crippen molar-refractivity contribution in [3.63, 3.8) is 0 Å². The third-order valence-electron chi connectivity index (χ3n) is 3.50. The lowest BCUT2D eigenvalue weighted by Gasteiger charge is -2.23. The Bertz CT molecular complexity index is 665. The van der Waals surface area contributed by atoms with Gasteiger partial charge in [-0.25, -0.2) is 4.98 Å². The summed E-state index contributed by atoms with van der Waals surface area (Å²) < 4.78 is 8.10. The highest BCUT2D eigenvalue weighted by atomic mass is 127. The summed E-state index contributed by atoms with van der Waals surface area (Å²) >= 11 is 0. The van der Waals surface area contributed by atoms with Crippen LogP contribution in [0.2, 0.25) is 0 Å². The summed E-state index contributed by atoms with van der Waals surface area (Å²) in [6.07, 6.45) is 6.60. The Morgan fingerprint density at radius 3 is 2.65 bits per heavy atom. The Morgan fingerprint density at radius 1 is 1.23 bits per heavy atom.